The molecular weight excluding hydrogens is 1180 g/mol. The lowest BCUT2D eigenvalue weighted by Gasteiger charge is -2.46. The zero-order valence-corrected chi connectivity index (χ0v) is 57.9. The minimum atomic E-state index is -0.475. The normalized spacial score (nSPS) is 14.2. The summed E-state index contributed by atoms with van der Waals surface area (Å²) < 4.78 is 70.9. The fraction of sp³-hybridized carbons (Fsp3) is 0.170. The Kier molecular flexibility index (Phi) is 12.2. The number of benzene rings is 13. The van der Waals surface area contributed by atoms with Gasteiger partial charge in [-0.3, -0.25) is 0 Å². The van der Waals surface area contributed by atoms with Crippen LogP contribution in [0.1, 0.15) is 115 Å². The van der Waals surface area contributed by atoms with E-state index in [1.165, 1.54) is 16.7 Å². The first kappa shape index (κ1) is 53.5. The predicted molar refractivity (Wildman–Crippen MR) is 424 cm³/mol. The molecule has 0 radical (unpaired) electrons. The lowest BCUT2D eigenvalue weighted by molar-refractivity contribution is 0.569. The molecular formula is C94H82BN3. The number of aromatic nitrogens is 1. The lowest BCUT2D eigenvalue weighted by Crippen LogP contribution is -2.61. The third kappa shape index (κ3) is 9.84. The summed E-state index contributed by atoms with van der Waals surface area (Å²) in [5.74, 6) is 0. The van der Waals surface area contributed by atoms with Gasteiger partial charge in [-0.05, 0) is 158 Å². The van der Waals surface area contributed by atoms with Crippen molar-refractivity contribution in [3.05, 3.63) is 301 Å². The second-order valence-corrected chi connectivity index (χ2v) is 31.2. The van der Waals surface area contributed by atoms with Crippen LogP contribution in [-0.4, -0.2) is 11.1 Å². The molecule has 0 amide bonds. The van der Waals surface area contributed by atoms with E-state index >= 15 is 0 Å². The van der Waals surface area contributed by atoms with E-state index < -0.39 is 24.2 Å². The minimum Gasteiger partial charge on any atom is -0.311 e. The highest BCUT2D eigenvalue weighted by molar-refractivity contribution is 7.00. The summed E-state index contributed by atoms with van der Waals surface area (Å²) in [6.07, 6.45) is 0. The maximum Gasteiger partial charge on any atom is 0.252 e. The predicted octanol–water partition coefficient (Wildman–Crippen LogP) is 24.2. The van der Waals surface area contributed by atoms with Crippen molar-refractivity contribution in [3.8, 4) is 44.5 Å². The molecule has 0 N–H and O–H groups in total. The quantitative estimate of drug-likeness (QED) is 0.154. The van der Waals surface area contributed by atoms with Crippen LogP contribution in [0.25, 0.3) is 104 Å². The third-order valence-electron chi connectivity index (χ3n) is 20.8. The molecule has 0 bridgehead atoms. The van der Waals surface area contributed by atoms with Gasteiger partial charge in [0.2, 0.25) is 0 Å². The van der Waals surface area contributed by atoms with E-state index in [-0.39, 0.29) is 62.7 Å². The van der Waals surface area contributed by atoms with Crippen LogP contribution in [0.15, 0.2) is 279 Å². The molecule has 13 aromatic carbocycles. The van der Waals surface area contributed by atoms with Gasteiger partial charge in [0.1, 0.15) is 0 Å². The van der Waals surface area contributed by atoms with Crippen molar-refractivity contribution in [2.75, 3.05) is 9.80 Å². The number of hydrogen-bond donors (Lipinski definition) is 0. The molecule has 476 valence electrons. The number of para-hydroxylation sites is 3. The van der Waals surface area contributed by atoms with Crippen LogP contribution < -0.4 is 26.2 Å². The fourth-order valence-corrected chi connectivity index (χ4v) is 15.6. The van der Waals surface area contributed by atoms with Crippen LogP contribution in [0, 0.1) is 0 Å². The second kappa shape index (κ2) is 22.4. The minimum absolute atomic E-state index is 0.126. The number of anilines is 6. The Morgan fingerprint density at radius 3 is 1.33 bits per heavy atom. The number of hydrogen-bond acceptors (Lipinski definition) is 2. The van der Waals surface area contributed by atoms with Crippen molar-refractivity contribution in [1.82, 2.24) is 4.40 Å². The Morgan fingerprint density at radius 1 is 0.286 bits per heavy atom. The molecule has 2 aromatic heterocycles. The van der Waals surface area contributed by atoms with Gasteiger partial charge in [-0.1, -0.05) is 313 Å². The highest BCUT2D eigenvalue weighted by Crippen LogP contribution is 2.54. The molecule has 0 saturated heterocycles. The van der Waals surface area contributed by atoms with Crippen molar-refractivity contribution < 1.29 is 9.60 Å². The molecule has 2 aliphatic heterocycles. The van der Waals surface area contributed by atoms with Crippen LogP contribution in [0.5, 0.6) is 0 Å². The SMILES string of the molecule is [2H]c1c([2H])c([2H])c2c(c1[2H])c1c([2H])c([2H])c([2H])c3c4ccccc4c4ccccc4c4cc5c(cc4n2c31)N(c1ccccc1-c1cc(C(C)(C)C)cc(C(C)(C)C)c1)c1cc(C(C)(C)C)cc2c1B5c1cc(-c3ccccc3)ccc1N2c1c(-c2ccccc2)cc(C(C)(C)C)cc1-c1ccccc1. The third-order valence-corrected chi connectivity index (χ3v) is 20.8. The van der Waals surface area contributed by atoms with Gasteiger partial charge in [0.15, 0.2) is 0 Å². The van der Waals surface area contributed by atoms with Crippen molar-refractivity contribution in [3.63, 3.8) is 0 Å². The first-order valence-corrected chi connectivity index (χ1v) is 34.5. The van der Waals surface area contributed by atoms with E-state index in [1.807, 2.05) is 28.7 Å². The number of fused-ring (bicyclic) bond motifs is 14. The van der Waals surface area contributed by atoms with Crippen LogP contribution in [0.3, 0.4) is 0 Å². The summed E-state index contributed by atoms with van der Waals surface area (Å²) in [7, 11) is 0. The molecule has 0 fully saturated rings. The molecule has 0 aliphatic carbocycles. The molecule has 0 spiro atoms. The van der Waals surface area contributed by atoms with Crippen LogP contribution in [0.4, 0.5) is 34.1 Å². The first-order valence-electron chi connectivity index (χ1n) is 38.0. The van der Waals surface area contributed by atoms with Crippen molar-refractivity contribution in [1.29, 1.82) is 0 Å². The number of rotatable bonds is 6. The van der Waals surface area contributed by atoms with Crippen LogP contribution in [-0.2, 0) is 21.7 Å². The molecule has 15 aromatic rings. The summed E-state index contributed by atoms with van der Waals surface area (Å²) in [4.78, 5) is 5.11. The summed E-state index contributed by atoms with van der Waals surface area (Å²) >= 11 is 0. The maximum absolute atomic E-state index is 10.2. The van der Waals surface area contributed by atoms with Crippen LogP contribution >= 0.6 is 0 Å². The molecule has 3 nitrogen and oxygen atoms in total. The highest BCUT2D eigenvalue weighted by Gasteiger charge is 2.46. The average molecular weight is 1270 g/mol. The summed E-state index contributed by atoms with van der Waals surface area (Å²) in [6.45, 7) is 27.1. The molecule has 0 atom stereocenters. The number of nitrogens with zero attached hydrogens (tertiary/aromatic N) is 3. The Morgan fingerprint density at radius 2 is 0.745 bits per heavy atom. The van der Waals surface area contributed by atoms with Gasteiger partial charge in [0, 0.05) is 61.0 Å². The van der Waals surface area contributed by atoms with Crippen molar-refractivity contribution in [2.24, 2.45) is 0 Å². The van der Waals surface area contributed by atoms with Gasteiger partial charge in [-0.2, -0.15) is 0 Å². The molecule has 2 aliphatic rings. The second-order valence-electron chi connectivity index (χ2n) is 31.2. The maximum atomic E-state index is 10.2. The Balaban J connectivity index is 1.14. The Bertz CT molecular complexity index is 6140. The van der Waals surface area contributed by atoms with Crippen LogP contribution in [0.2, 0.25) is 0 Å². The first-order chi connectivity index (χ1) is 50.1. The smallest absolute Gasteiger partial charge is 0.252 e. The van der Waals surface area contributed by atoms with E-state index in [0.29, 0.717) is 21.8 Å². The van der Waals surface area contributed by atoms with E-state index in [0.717, 1.165) is 122 Å². The topological polar surface area (TPSA) is 10.9 Å². The molecule has 0 unspecified atom stereocenters. The summed E-state index contributed by atoms with van der Waals surface area (Å²) in [5, 5.41) is 4.65. The van der Waals surface area contributed by atoms with Gasteiger partial charge >= 0.3 is 0 Å². The van der Waals surface area contributed by atoms with E-state index in [4.69, 9.17) is 0 Å². The van der Waals surface area contributed by atoms with Gasteiger partial charge in [0.05, 0.1) is 37.5 Å². The van der Waals surface area contributed by atoms with Gasteiger partial charge in [-0.25, -0.2) is 0 Å². The van der Waals surface area contributed by atoms with E-state index in [2.05, 4.69) is 305 Å². The zero-order valence-electron chi connectivity index (χ0n) is 64.9. The largest absolute Gasteiger partial charge is 0.311 e. The van der Waals surface area contributed by atoms with E-state index in [9.17, 15) is 9.60 Å². The summed E-state index contributed by atoms with van der Waals surface area (Å²) in [6, 6.07) is 84.1. The van der Waals surface area contributed by atoms with Gasteiger partial charge < -0.3 is 14.2 Å². The molecule has 0 saturated carbocycles. The monoisotopic (exact) mass is 1270 g/mol. The Labute approximate surface area is 587 Å². The molecule has 98 heavy (non-hydrogen) atoms. The molecule has 4 heteroatoms. The summed E-state index contributed by atoms with van der Waals surface area (Å²) in [5.41, 5.74) is 22.5. The highest BCUT2D eigenvalue weighted by atomic mass is 15.2. The standard InChI is InChI=1S/C94H82BN3/c1-91(2,3)64-49-63(50-65(52-64)92(4,5)6)68-37-26-28-45-81(68)96-85-58-84-78(72-41-25-23-39-70(72)69-38-22-24-40-71(69)74-43-30-44-75-73-42-27-29-46-82(73)97(84)89(74)75)57-80(85)95-79-51-62(59-31-16-13-17-32-59)47-48-83(79)98(87-56-67(94(10,11)12)55-86(96)88(87)95)90-76(60-33-18-14-19-34-60)53-66(93(7,8)9)54-77(90)61-35-20-15-21-36-61/h13-58H,1-12H3/i27D,29D,30D,42D,43D,44D,46D. The van der Waals surface area contributed by atoms with Gasteiger partial charge in [-0.15, -0.1) is 0 Å². The van der Waals surface area contributed by atoms with Gasteiger partial charge in [0.25, 0.3) is 6.71 Å². The molecule has 17 rings (SSSR count). The van der Waals surface area contributed by atoms with Crippen molar-refractivity contribution >= 4 is 117 Å². The van der Waals surface area contributed by atoms with Crippen molar-refractivity contribution in [2.45, 2.75) is 105 Å². The Hall–Kier alpha value is -10.7. The molecule has 4 heterocycles. The average Bonchev–Trinajstić information content (AvgIpc) is 1.64. The fourth-order valence-electron chi connectivity index (χ4n) is 15.6. The van der Waals surface area contributed by atoms with E-state index in [1.54, 1.807) is 0 Å². The zero-order chi connectivity index (χ0) is 73.4. The lowest BCUT2D eigenvalue weighted by atomic mass is 9.33.